The maximum atomic E-state index is 12.9. The summed E-state index contributed by atoms with van der Waals surface area (Å²) >= 11 is 0. The van der Waals surface area contributed by atoms with Gasteiger partial charge in [0.25, 0.3) is 5.91 Å². The fourth-order valence-corrected chi connectivity index (χ4v) is 3.26. The van der Waals surface area contributed by atoms with Gasteiger partial charge in [-0.2, -0.15) is 18.3 Å². The van der Waals surface area contributed by atoms with Gasteiger partial charge in [0.1, 0.15) is 0 Å². The van der Waals surface area contributed by atoms with E-state index < -0.39 is 29.5 Å². The molecule has 2 heterocycles. The fraction of sp³-hybridized carbons (Fsp3) is 0.389. The van der Waals surface area contributed by atoms with E-state index in [1.807, 2.05) is 6.92 Å². The second-order valence-corrected chi connectivity index (χ2v) is 6.78. The first-order valence-electron chi connectivity index (χ1n) is 8.40. The highest BCUT2D eigenvalue weighted by atomic mass is 19.4. The van der Waals surface area contributed by atoms with Gasteiger partial charge in [0.2, 0.25) is 0 Å². The lowest BCUT2D eigenvalue weighted by molar-refractivity contribution is -0.143. The molecule has 2 aromatic rings. The number of carboxylic acid groups (broad SMARTS) is 1. The Balaban J connectivity index is 1.81. The van der Waals surface area contributed by atoms with Crippen molar-refractivity contribution < 1.29 is 27.9 Å². The van der Waals surface area contributed by atoms with Crippen molar-refractivity contribution in [2.45, 2.75) is 19.5 Å². The van der Waals surface area contributed by atoms with Gasteiger partial charge in [0, 0.05) is 19.3 Å². The summed E-state index contributed by atoms with van der Waals surface area (Å²) in [6.07, 6.45) is -2.57. The van der Waals surface area contributed by atoms with E-state index in [1.54, 1.807) is 0 Å². The third kappa shape index (κ3) is 4.12. The number of carboxylic acids is 1. The lowest BCUT2D eigenvalue weighted by Gasteiger charge is -2.34. The molecule has 3 rings (SSSR count). The second-order valence-electron chi connectivity index (χ2n) is 6.78. The molecule has 0 aliphatic carbocycles. The molecular weight excluding hydrogens is 363 g/mol. The monoisotopic (exact) mass is 381 g/mol. The minimum atomic E-state index is -4.47. The number of hydrogen-bond donors (Lipinski definition) is 1. The summed E-state index contributed by atoms with van der Waals surface area (Å²) in [6.45, 7) is 2.38. The van der Waals surface area contributed by atoms with Crippen LogP contribution in [0, 0.1) is 11.8 Å². The molecule has 9 heteroatoms. The number of rotatable bonds is 3. The van der Waals surface area contributed by atoms with Gasteiger partial charge in [-0.3, -0.25) is 9.59 Å². The van der Waals surface area contributed by atoms with Crippen molar-refractivity contribution in [1.82, 2.24) is 14.7 Å². The van der Waals surface area contributed by atoms with Crippen LogP contribution in [0.25, 0.3) is 5.69 Å². The summed E-state index contributed by atoms with van der Waals surface area (Å²) < 4.78 is 39.8. The van der Waals surface area contributed by atoms with Crippen LogP contribution < -0.4 is 0 Å². The van der Waals surface area contributed by atoms with Gasteiger partial charge in [-0.1, -0.05) is 13.0 Å². The first-order chi connectivity index (χ1) is 12.6. The van der Waals surface area contributed by atoms with Gasteiger partial charge >= 0.3 is 12.1 Å². The molecule has 1 N–H and O–H groups in total. The SMILES string of the molecule is CC1CC(C(=O)O)CN(C(=O)c2ccn(-c3cccc(C(F)(F)F)c3)n2)C1. The van der Waals surface area contributed by atoms with Gasteiger partial charge in [-0.05, 0) is 36.6 Å². The number of halogens is 3. The summed E-state index contributed by atoms with van der Waals surface area (Å²) in [7, 11) is 0. The predicted octanol–water partition coefficient (Wildman–Crippen LogP) is 3.07. The molecule has 2 atom stereocenters. The van der Waals surface area contributed by atoms with Gasteiger partial charge in [0.15, 0.2) is 5.69 Å². The van der Waals surface area contributed by atoms with Gasteiger partial charge in [0.05, 0.1) is 17.2 Å². The third-order valence-electron chi connectivity index (χ3n) is 4.54. The Bertz CT molecular complexity index is 863. The zero-order valence-electron chi connectivity index (χ0n) is 14.5. The smallest absolute Gasteiger partial charge is 0.416 e. The third-order valence-corrected chi connectivity index (χ3v) is 4.54. The molecule has 1 fully saturated rings. The number of carbonyl (C=O) groups is 2. The van der Waals surface area contributed by atoms with Crippen LogP contribution in [0.1, 0.15) is 29.4 Å². The molecule has 0 radical (unpaired) electrons. The molecule has 2 unspecified atom stereocenters. The highest BCUT2D eigenvalue weighted by Gasteiger charge is 2.33. The Kier molecular flexibility index (Phi) is 4.95. The van der Waals surface area contributed by atoms with Crippen molar-refractivity contribution in [3.63, 3.8) is 0 Å². The second kappa shape index (κ2) is 7.05. The maximum absolute atomic E-state index is 12.9. The van der Waals surface area contributed by atoms with Gasteiger partial charge in [-0.15, -0.1) is 0 Å². The van der Waals surface area contributed by atoms with E-state index in [2.05, 4.69) is 5.10 Å². The quantitative estimate of drug-likeness (QED) is 0.887. The number of nitrogens with zero attached hydrogens (tertiary/aromatic N) is 3. The number of aliphatic carboxylic acids is 1. The van der Waals surface area contributed by atoms with Crippen molar-refractivity contribution in [2.75, 3.05) is 13.1 Å². The maximum Gasteiger partial charge on any atom is 0.416 e. The molecule has 0 saturated carbocycles. The van der Waals surface area contributed by atoms with E-state index in [0.717, 1.165) is 12.1 Å². The van der Waals surface area contributed by atoms with Crippen molar-refractivity contribution in [3.05, 3.63) is 47.8 Å². The minimum absolute atomic E-state index is 0.0364. The summed E-state index contributed by atoms with van der Waals surface area (Å²) in [4.78, 5) is 25.4. The lowest BCUT2D eigenvalue weighted by atomic mass is 9.90. The van der Waals surface area contributed by atoms with Crippen LogP contribution in [0.3, 0.4) is 0 Å². The molecular formula is C18H18F3N3O3. The number of aromatic nitrogens is 2. The molecule has 6 nitrogen and oxygen atoms in total. The van der Waals surface area contributed by atoms with Crippen molar-refractivity contribution >= 4 is 11.9 Å². The number of hydrogen-bond acceptors (Lipinski definition) is 3. The number of amides is 1. The molecule has 1 aromatic carbocycles. The highest BCUT2D eigenvalue weighted by molar-refractivity contribution is 5.92. The van der Waals surface area contributed by atoms with E-state index >= 15 is 0 Å². The van der Waals surface area contributed by atoms with Crippen LogP contribution in [0.5, 0.6) is 0 Å². The zero-order valence-corrected chi connectivity index (χ0v) is 14.5. The summed E-state index contributed by atoms with van der Waals surface area (Å²) in [5.74, 6) is -1.98. The van der Waals surface area contributed by atoms with Crippen LogP contribution >= 0.6 is 0 Å². The summed E-state index contributed by atoms with van der Waals surface area (Å²) in [5.41, 5.74) is -0.567. The molecule has 0 bridgehead atoms. The minimum Gasteiger partial charge on any atom is -0.481 e. The Morgan fingerprint density at radius 1 is 1.22 bits per heavy atom. The summed E-state index contributed by atoms with van der Waals surface area (Å²) in [6, 6.07) is 6.05. The summed E-state index contributed by atoms with van der Waals surface area (Å²) in [5, 5.41) is 13.3. The molecule has 144 valence electrons. The van der Waals surface area contributed by atoms with E-state index in [9.17, 15) is 27.9 Å². The number of alkyl halides is 3. The van der Waals surface area contributed by atoms with Crippen molar-refractivity contribution in [1.29, 1.82) is 0 Å². The molecule has 0 spiro atoms. The standard InChI is InChI=1S/C18H18F3N3O3/c1-11-7-12(17(26)27)10-23(9-11)16(25)15-5-6-24(22-15)14-4-2-3-13(8-14)18(19,20)21/h2-6,8,11-12H,7,9-10H2,1H3,(H,26,27). The number of likely N-dealkylation sites (tertiary alicyclic amines) is 1. The average molecular weight is 381 g/mol. The first kappa shape index (κ1) is 18.9. The Hall–Kier alpha value is -2.84. The van der Waals surface area contributed by atoms with Gasteiger partial charge < -0.3 is 10.0 Å². The number of piperidine rings is 1. The predicted molar refractivity (Wildman–Crippen MR) is 89.4 cm³/mol. The van der Waals surface area contributed by atoms with Gasteiger partial charge in [-0.25, -0.2) is 4.68 Å². The van der Waals surface area contributed by atoms with Crippen LogP contribution in [-0.4, -0.2) is 44.8 Å². The average Bonchev–Trinajstić information content (AvgIpc) is 3.10. The number of carbonyl (C=O) groups excluding carboxylic acids is 1. The van der Waals surface area contributed by atoms with Crippen molar-refractivity contribution in [2.24, 2.45) is 11.8 Å². The Morgan fingerprint density at radius 3 is 2.63 bits per heavy atom. The molecule has 1 aromatic heterocycles. The van der Waals surface area contributed by atoms with E-state index in [0.29, 0.717) is 13.0 Å². The lowest BCUT2D eigenvalue weighted by Crippen LogP contribution is -2.45. The van der Waals surface area contributed by atoms with E-state index in [1.165, 1.54) is 34.0 Å². The number of benzene rings is 1. The molecule has 1 aliphatic heterocycles. The van der Waals surface area contributed by atoms with Crippen LogP contribution in [0.15, 0.2) is 36.5 Å². The molecule has 27 heavy (non-hydrogen) atoms. The molecule has 1 saturated heterocycles. The highest BCUT2D eigenvalue weighted by Crippen LogP contribution is 2.30. The molecule has 1 amide bonds. The topological polar surface area (TPSA) is 75.4 Å². The van der Waals surface area contributed by atoms with Crippen LogP contribution in [-0.2, 0) is 11.0 Å². The normalized spacial score (nSPS) is 20.5. The Labute approximate surface area is 153 Å². The Morgan fingerprint density at radius 2 is 1.96 bits per heavy atom. The zero-order chi connectivity index (χ0) is 19.8. The van der Waals surface area contributed by atoms with Crippen LogP contribution in [0.4, 0.5) is 13.2 Å². The van der Waals surface area contributed by atoms with Crippen LogP contribution in [0.2, 0.25) is 0 Å². The first-order valence-corrected chi connectivity index (χ1v) is 8.40. The van der Waals surface area contributed by atoms with Crippen molar-refractivity contribution in [3.8, 4) is 5.69 Å². The largest absolute Gasteiger partial charge is 0.481 e. The molecule has 1 aliphatic rings. The fourth-order valence-electron chi connectivity index (χ4n) is 3.26. The van der Waals surface area contributed by atoms with E-state index in [4.69, 9.17) is 0 Å². The van der Waals surface area contributed by atoms with E-state index in [-0.39, 0.29) is 23.8 Å².